The van der Waals surface area contributed by atoms with Gasteiger partial charge >= 0.3 is 6.09 Å². The standard InChI is InChI=1S/C13H23NO2.H2/c1-11(2)7-5-9-14-13(15)16-10-6-8-12(3)4;/h11-12H,6,8-10H2,1-4H3,(H,14,15);1H. The molecular formula is C13H25NO2. The highest BCUT2D eigenvalue weighted by Gasteiger charge is 2.00. The zero-order valence-electron chi connectivity index (χ0n) is 10.8. The number of alkyl carbamates (subject to hydrolysis) is 1. The van der Waals surface area contributed by atoms with Crippen LogP contribution in [0.4, 0.5) is 4.79 Å². The molecular weight excluding hydrogens is 202 g/mol. The third-order valence-corrected chi connectivity index (χ3v) is 1.87. The van der Waals surface area contributed by atoms with Crippen molar-refractivity contribution in [1.82, 2.24) is 5.32 Å². The van der Waals surface area contributed by atoms with Crippen molar-refractivity contribution in [2.45, 2.75) is 40.5 Å². The van der Waals surface area contributed by atoms with Gasteiger partial charge in [0.2, 0.25) is 0 Å². The second-order valence-electron chi connectivity index (χ2n) is 4.50. The van der Waals surface area contributed by atoms with Crippen molar-refractivity contribution in [2.24, 2.45) is 11.8 Å². The highest BCUT2D eigenvalue weighted by Crippen LogP contribution is 2.02. The van der Waals surface area contributed by atoms with E-state index in [0.29, 0.717) is 25.0 Å². The van der Waals surface area contributed by atoms with Crippen LogP contribution < -0.4 is 5.32 Å². The van der Waals surface area contributed by atoms with Crippen LogP contribution in [0.15, 0.2) is 0 Å². The predicted molar refractivity (Wildman–Crippen MR) is 68.2 cm³/mol. The Morgan fingerprint density at radius 3 is 2.62 bits per heavy atom. The van der Waals surface area contributed by atoms with Crippen LogP contribution in [-0.4, -0.2) is 19.2 Å². The monoisotopic (exact) mass is 227 g/mol. The lowest BCUT2D eigenvalue weighted by Crippen LogP contribution is -2.25. The average molecular weight is 227 g/mol. The van der Waals surface area contributed by atoms with Crippen molar-refractivity contribution in [3.8, 4) is 11.8 Å². The normalized spacial score (nSPS) is 9.88. The van der Waals surface area contributed by atoms with E-state index in [9.17, 15) is 4.79 Å². The second kappa shape index (κ2) is 9.08. The summed E-state index contributed by atoms with van der Waals surface area (Å²) in [5.74, 6) is 6.82. The maximum Gasteiger partial charge on any atom is 0.407 e. The summed E-state index contributed by atoms with van der Waals surface area (Å²) in [6.45, 7) is 9.18. The van der Waals surface area contributed by atoms with Gasteiger partial charge in [0.1, 0.15) is 0 Å². The van der Waals surface area contributed by atoms with Gasteiger partial charge in [-0.25, -0.2) is 4.79 Å². The van der Waals surface area contributed by atoms with Gasteiger partial charge in [-0.05, 0) is 18.8 Å². The number of nitrogens with one attached hydrogen (secondary N) is 1. The Balaban J connectivity index is 0. The van der Waals surface area contributed by atoms with Crippen LogP contribution in [0.25, 0.3) is 0 Å². The van der Waals surface area contributed by atoms with Gasteiger partial charge in [-0.1, -0.05) is 39.5 Å². The number of rotatable bonds is 5. The quantitative estimate of drug-likeness (QED) is 0.579. The molecule has 0 aliphatic heterocycles. The van der Waals surface area contributed by atoms with E-state index in [-0.39, 0.29) is 7.52 Å². The van der Waals surface area contributed by atoms with E-state index in [1.807, 2.05) is 13.8 Å². The maximum absolute atomic E-state index is 11.1. The van der Waals surface area contributed by atoms with Crippen molar-refractivity contribution in [3.05, 3.63) is 0 Å². The van der Waals surface area contributed by atoms with Crippen LogP contribution in [0.1, 0.15) is 42.0 Å². The van der Waals surface area contributed by atoms with Crippen molar-refractivity contribution < 1.29 is 11.0 Å². The lowest BCUT2D eigenvalue weighted by molar-refractivity contribution is 0.144. The molecule has 0 bridgehead atoms. The second-order valence-corrected chi connectivity index (χ2v) is 4.50. The smallest absolute Gasteiger partial charge is 0.407 e. The first-order valence-corrected chi connectivity index (χ1v) is 5.91. The molecule has 0 aromatic carbocycles. The van der Waals surface area contributed by atoms with Crippen LogP contribution in [-0.2, 0) is 4.74 Å². The number of hydrogen-bond acceptors (Lipinski definition) is 2. The number of carbonyl (C=O) groups excluding carboxylic acids is 1. The minimum atomic E-state index is -0.373. The van der Waals surface area contributed by atoms with Gasteiger partial charge in [0.05, 0.1) is 13.2 Å². The Morgan fingerprint density at radius 2 is 2.06 bits per heavy atom. The van der Waals surface area contributed by atoms with E-state index in [1.54, 1.807) is 0 Å². The molecule has 0 aliphatic rings. The Hall–Kier alpha value is -1.17. The summed E-state index contributed by atoms with van der Waals surface area (Å²) >= 11 is 0. The Bertz CT molecular complexity index is 254. The van der Waals surface area contributed by atoms with Crippen LogP contribution in [0, 0.1) is 23.7 Å². The minimum Gasteiger partial charge on any atom is -0.450 e. The highest BCUT2D eigenvalue weighted by atomic mass is 16.5. The largest absolute Gasteiger partial charge is 0.450 e. The predicted octanol–water partition coefficient (Wildman–Crippen LogP) is 3.05. The number of hydrogen-bond donors (Lipinski definition) is 1. The summed E-state index contributed by atoms with van der Waals surface area (Å²) in [6.07, 6.45) is 1.63. The van der Waals surface area contributed by atoms with Gasteiger partial charge in [0.25, 0.3) is 0 Å². The molecule has 0 aromatic heterocycles. The summed E-state index contributed by atoms with van der Waals surface area (Å²) < 4.78 is 4.98. The molecule has 0 fully saturated rings. The summed E-state index contributed by atoms with van der Waals surface area (Å²) in [5.41, 5.74) is 0. The van der Waals surface area contributed by atoms with Gasteiger partial charge in [-0.2, -0.15) is 0 Å². The van der Waals surface area contributed by atoms with E-state index in [4.69, 9.17) is 4.74 Å². The first-order chi connectivity index (χ1) is 7.52. The first-order valence-electron chi connectivity index (χ1n) is 5.91. The van der Waals surface area contributed by atoms with Gasteiger partial charge in [0, 0.05) is 7.34 Å². The topological polar surface area (TPSA) is 38.3 Å². The van der Waals surface area contributed by atoms with Crippen LogP contribution in [0.5, 0.6) is 0 Å². The van der Waals surface area contributed by atoms with Crippen LogP contribution in [0.2, 0.25) is 0 Å². The molecule has 16 heavy (non-hydrogen) atoms. The molecule has 0 saturated carbocycles. The van der Waals surface area contributed by atoms with Crippen LogP contribution in [0.3, 0.4) is 0 Å². The summed E-state index contributed by atoms with van der Waals surface area (Å²) in [6, 6.07) is 0. The number of ether oxygens (including phenoxy) is 1. The number of amides is 1. The van der Waals surface area contributed by atoms with E-state index in [2.05, 4.69) is 31.0 Å². The van der Waals surface area contributed by atoms with Gasteiger partial charge < -0.3 is 10.1 Å². The SMILES string of the molecule is CC(C)C#CCNC(=O)OCCCC(C)C.[HH]. The molecule has 0 saturated heterocycles. The number of carbonyl (C=O) groups is 1. The van der Waals surface area contributed by atoms with E-state index >= 15 is 0 Å². The Labute approximate surface area is 100 Å². The average Bonchev–Trinajstić information content (AvgIpc) is 2.19. The molecule has 0 heterocycles. The van der Waals surface area contributed by atoms with Gasteiger partial charge in [-0.3, -0.25) is 0 Å². The lowest BCUT2D eigenvalue weighted by Gasteiger charge is -2.06. The van der Waals surface area contributed by atoms with Crippen LogP contribution >= 0.6 is 0 Å². The Kier molecular flexibility index (Phi) is 8.42. The Morgan fingerprint density at radius 1 is 1.38 bits per heavy atom. The zero-order valence-corrected chi connectivity index (χ0v) is 10.8. The molecule has 3 nitrogen and oxygen atoms in total. The molecule has 1 N–H and O–H groups in total. The van der Waals surface area contributed by atoms with Gasteiger partial charge in [0.15, 0.2) is 0 Å². The molecule has 1 amide bonds. The molecule has 0 unspecified atom stereocenters. The highest BCUT2D eigenvalue weighted by molar-refractivity contribution is 5.67. The van der Waals surface area contributed by atoms with E-state index in [1.165, 1.54) is 0 Å². The minimum absolute atomic E-state index is 0. The fourth-order valence-corrected chi connectivity index (χ4v) is 1.08. The lowest BCUT2D eigenvalue weighted by atomic mass is 10.1. The first kappa shape index (κ1) is 14.8. The molecule has 0 rings (SSSR count). The fourth-order valence-electron chi connectivity index (χ4n) is 1.08. The fraction of sp³-hybridized carbons (Fsp3) is 0.769. The summed E-state index contributed by atoms with van der Waals surface area (Å²) in [4.78, 5) is 11.1. The molecule has 0 aliphatic carbocycles. The molecule has 3 heteroatoms. The zero-order chi connectivity index (χ0) is 12.4. The molecule has 0 atom stereocenters. The molecule has 0 spiro atoms. The van der Waals surface area contributed by atoms with E-state index < -0.39 is 0 Å². The van der Waals surface area contributed by atoms with Crippen molar-refractivity contribution in [1.29, 1.82) is 0 Å². The maximum atomic E-state index is 11.1. The van der Waals surface area contributed by atoms with Crippen molar-refractivity contribution in [2.75, 3.05) is 13.2 Å². The third-order valence-electron chi connectivity index (χ3n) is 1.87. The van der Waals surface area contributed by atoms with Crippen molar-refractivity contribution >= 4 is 6.09 Å². The third kappa shape index (κ3) is 10.9. The van der Waals surface area contributed by atoms with Crippen molar-refractivity contribution in [3.63, 3.8) is 0 Å². The van der Waals surface area contributed by atoms with E-state index in [0.717, 1.165) is 12.8 Å². The molecule has 0 radical (unpaired) electrons. The summed E-state index contributed by atoms with van der Waals surface area (Å²) in [7, 11) is 0. The van der Waals surface area contributed by atoms with Gasteiger partial charge in [-0.15, -0.1) is 0 Å². The molecule has 0 aromatic rings. The molecule has 94 valence electrons. The summed E-state index contributed by atoms with van der Waals surface area (Å²) in [5, 5.41) is 2.59.